The van der Waals surface area contributed by atoms with Gasteiger partial charge in [0.2, 0.25) is 5.91 Å². The number of ether oxygens (including phenoxy) is 1. The maximum Gasteiger partial charge on any atom is 0.257 e. The molecule has 2 saturated heterocycles. The Morgan fingerprint density at radius 1 is 1.22 bits per heavy atom. The number of pyridine rings is 1. The van der Waals surface area contributed by atoms with Gasteiger partial charge in [-0.25, -0.2) is 19.3 Å². The van der Waals surface area contributed by atoms with E-state index in [-0.39, 0.29) is 58.3 Å². The quantitative estimate of drug-likeness (QED) is 0.353. The molecule has 2 unspecified atom stereocenters. The van der Waals surface area contributed by atoms with Gasteiger partial charge in [0.25, 0.3) is 5.91 Å². The number of halogens is 1. The Morgan fingerprint density at radius 3 is 2.80 bits per heavy atom. The first-order valence-electron chi connectivity index (χ1n) is 13.8. The summed E-state index contributed by atoms with van der Waals surface area (Å²) in [4.78, 5) is 41.1. The number of fused-ring (bicyclic) bond motifs is 2. The van der Waals surface area contributed by atoms with Crippen molar-refractivity contribution < 1.29 is 18.7 Å². The Morgan fingerprint density at radius 2 is 2.05 bits per heavy atom. The van der Waals surface area contributed by atoms with Gasteiger partial charge >= 0.3 is 0 Å². The number of amides is 2. The fraction of sp³-hybridized carbons (Fsp3) is 0.367. The molecule has 11 heteroatoms. The fourth-order valence-corrected chi connectivity index (χ4v) is 6.27. The van der Waals surface area contributed by atoms with Crippen molar-refractivity contribution >= 4 is 29.0 Å². The smallest absolute Gasteiger partial charge is 0.257 e. The van der Waals surface area contributed by atoms with E-state index in [4.69, 9.17) is 15.5 Å². The van der Waals surface area contributed by atoms with Crippen molar-refractivity contribution in [2.75, 3.05) is 24.2 Å². The molecule has 10 nitrogen and oxygen atoms in total. The third-order valence-electron chi connectivity index (χ3n) is 8.15. The second kappa shape index (κ2) is 10.1. The number of carbonyl (C=O) groups is 2. The van der Waals surface area contributed by atoms with Crippen molar-refractivity contribution in [3.63, 3.8) is 0 Å². The van der Waals surface area contributed by atoms with Gasteiger partial charge in [0.05, 0.1) is 12.2 Å². The molecule has 1 aromatic carbocycles. The molecule has 3 N–H and O–H groups in total. The lowest BCUT2D eigenvalue weighted by molar-refractivity contribution is -0.130. The molecule has 6 rings (SSSR count). The van der Waals surface area contributed by atoms with Crippen LogP contribution in [0.2, 0.25) is 0 Å². The molecule has 5 heterocycles. The van der Waals surface area contributed by atoms with Gasteiger partial charge in [0.15, 0.2) is 0 Å². The van der Waals surface area contributed by atoms with Crippen LogP contribution in [0.25, 0.3) is 16.8 Å². The summed E-state index contributed by atoms with van der Waals surface area (Å²) in [6.45, 7) is 6.83. The highest BCUT2D eigenvalue weighted by Gasteiger charge is 2.48. The number of piperidine rings is 1. The van der Waals surface area contributed by atoms with Crippen molar-refractivity contribution in [1.29, 1.82) is 0 Å². The summed E-state index contributed by atoms with van der Waals surface area (Å²) in [5, 5.41) is 2.67. The molecule has 2 aliphatic rings. The average Bonchev–Trinajstić information content (AvgIpc) is 3.43. The average molecular weight is 558 g/mol. The summed E-state index contributed by atoms with van der Waals surface area (Å²) in [6.07, 6.45) is 7.10. The third-order valence-corrected chi connectivity index (χ3v) is 8.15. The highest BCUT2D eigenvalue weighted by Crippen LogP contribution is 2.46. The molecule has 0 radical (unpaired) electrons. The monoisotopic (exact) mass is 557 g/mol. The highest BCUT2D eigenvalue weighted by atomic mass is 19.1. The topological polar surface area (TPSA) is 128 Å². The zero-order valence-corrected chi connectivity index (χ0v) is 23.2. The van der Waals surface area contributed by atoms with E-state index in [1.165, 1.54) is 6.07 Å². The van der Waals surface area contributed by atoms with E-state index >= 15 is 4.39 Å². The molecule has 41 heavy (non-hydrogen) atoms. The van der Waals surface area contributed by atoms with Gasteiger partial charge < -0.3 is 20.7 Å². The van der Waals surface area contributed by atoms with Gasteiger partial charge in [0.1, 0.15) is 40.2 Å². The Labute approximate surface area is 236 Å². The van der Waals surface area contributed by atoms with Crippen LogP contribution in [0.15, 0.2) is 48.9 Å². The first kappa shape index (κ1) is 26.7. The predicted octanol–water partition coefficient (Wildman–Crippen LogP) is 4.67. The molecule has 212 valence electrons. The van der Waals surface area contributed by atoms with E-state index < -0.39 is 11.7 Å². The lowest BCUT2D eigenvalue weighted by Crippen LogP contribution is -2.44. The molecular weight excluding hydrogens is 525 g/mol. The molecule has 0 bridgehead atoms. The van der Waals surface area contributed by atoms with Crippen molar-refractivity contribution in [3.05, 3.63) is 66.1 Å². The minimum absolute atomic E-state index is 0.0728. The lowest BCUT2D eigenvalue weighted by Gasteiger charge is -2.39. The molecule has 2 fully saturated rings. The van der Waals surface area contributed by atoms with Crippen LogP contribution in [0, 0.1) is 11.2 Å². The largest absolute Gasteiger partial charge is 0.493 e. The number of hydrogen-bond donors (Lipinski definition) is 2. The van der Waals surface area contributed by atoms with Gasteiger partial charge in [-0.2, -0.15) is 0 Å². The molecule has 0 saturated carbocycles. The van der Waals surface area contributed by atoms with E-state index in [1.807, 2.05) is 9.30 Å². The van der Waals surface area contributed by atoms with E-state index in [9.17, 15) is 9.59 Å². The van der Waals surface area contributed by atoms with Gasteiger partial charge in [-0.1, -0.05) is 19.9 Å². The second-order valence-electron chi connectivity index (χ2n) is 11.3. The first-order chi connectivity index (χ1) is 19.7. The second-order valence-corrected chi connectivity index (χ2v) is 11.3. The van der Waals surface area contributed by atoms with E-state index in [1.54, 1.807) is 43.7 Å². The number of hydrogen-bond acceptors (Lipinski definition) is 7. The van der Waals surface area contributed by atoms with Crippen LogP contribution < -0.4 is 15.8 Å². The number of rotatable bonds is 6. The maximum atomic E-state index is 16.0. The van der Waals surface area contributed by atoms with Gasteiger partial charge in [-0.05, 0) is 49.4 Å². The van der Waals surface area contributed by atoms with Crippen molar-refractivity contribution in [2.24, 2.45) is 5.41 Å². The van der Waals surface area contributed by atoms with Crippen LogP contribution in [-0.4, -0.2) is 55.3 Å². The number of anilines is 2. The van der Waals surface area contributed by atoms with E-state index in [2.05, 4.69) is 29.1 Å². The number of aromatic nitrogens is 4. The first-order valence-corrected chi connectivity index (χ1v) is 13.8. The minimum Gasteiger partial charge on any atom is -0.493 e. The molecule has 2 aliphatic heterocycles. The molecule has 0 spiro atoms. The SMILES string of the molecule is CCOc1cc(C(=O)Nc2ccccn2)cc(F)c1-c1nc(C2CCC3N(C2)C(=O)CC3(C)C)n2ccnc(N)c12. The summed E-state index contributed by atoms with van der Waals surface area (Å²) in [7, 11) is 0. The van der Waals surface area contributed by atoms with Crippen LogP contribution in [0.5, 0.6) is 5.75 Å². The summed E-state index contributed by atoms with van der Waals surface area (Å²) < 4.78 is 23.7. The molecule has 2 amide bonds. The van der Waals surface area contributed by atoms with Crippen LogP contribution in [0.3, 0.4) is 0 Å². The van der Waals surface area contributed by atoms with Crippen LogP contribution in [0.1, 0.15) is 62.1 Å². The van der Waals surface area contributed by atoms with Crippen LogP contribution in [0.4, 0.5) is 16.0 Å². The van der Waals surface area contributed by atoms with Gasteiger partial charge in [-0.15, -0.1) is 0 Å². The molecule has 4 aromatic rings. The predicted molar refractivity (Wildman–Crippen MR) is 152 cm³/mol. The Hall–Kier alpha value is -4.54. The highest BCUT2D eigenvalue weighted by molar-refractivity contribution is 6.04. The lowest BCUT2D eigenvalue weighted by atomic mass is 9.79. The summed E-state index contributed by atoms with van der Waals surface area (Å²) >= 11 is 0. The summed E-state index contributed by atoms with van der Waals surface area (Å²) in [5.74, 6) is 0.238. The molecule has 2 atom stereocenters. The number of imidazole rings is 1. The van der Waals surface area contributed by atoms with Crippen molar-refractivity contribution in [1.82, 2.24) is 24.3 Å². The standard InChI is InChI=1S/C30H32FN7O3/c1-4-41-20-14-18(29(40)35-22-7-5-6-10-33-22)13-19(31)24(20)25-26-27(32)34-11-12-37(26)28(36-25)17-8-9-21-30(2,3)15-23(39)38(21)16-17/h5-7,10-14,17,21H,4,8-9,15-16H2,1-3H3,(H2,32,34)(H,33,35,40). The minimum atomic E-state index is -0.683. The van der Waals surface area contributed by atoms with Gasteiger partial charge in [-0.3, -0.25) is 14.0 Å². The fourth-order valence-electron chi connectivity index (χ4n) is 6.27. The number of carbonyl (C=O) groups excluding carboxylic acids is 2. The zero-order chi connectivity index (χ0) is 28.9. The third kappa shape index (κ3) is 4.64. The molecular formula is C30H32FN7O3. The molecule has 0 aliphatic carbocycles. The normalized spacial score (nSPS) is 19.8. The maximum absolute atomic E-state index is 16.0. The van der Waals surface area contributed by atoms with E-state index in [0.29, 0.717) is 30.1 Å². The Bertz CT molecular complexity index is 1650. The van der Waals surface area contributed by atoms with Gasteiger partial charge in [0, 0.05) is 49.1 Å². The zero-order valence-electron chi connectivity index (χ0n) is 23.2. The van der Waals surface area contributed by atoms with Crippen LogP contribution in [-0.2, 0) is 4.79 Å². The summed E-state index contributed by atoms with van der Waals surface area (Å²) in [5.41, 5.74) is 7.17. The molecule has 3 aromatic heterocycles. The Balaban J connectivity index is 1.42. The van der Waals surface area contributed by atoms with E-state index in [0.717, 1.165) is 18.9 Å². The Kier molecular flexibility index (Phi) is 6.59. The number of nitrogen functional groups attached to an aromatic ring is 1. The summed E-state index contributed by atoms with van der Waals surface area (Å²) in [6, 6.07) is 7.96. The van der Waals surface area contributed by atoms with Crippen molar-refractivity contribution in [3.8, 4) is 17.0 Å². The number of nitrogens with one attached hydrogen (secondary N) is 1. The number of benzene rings is 1. The number of nitrogens with two attached hydrogens (primary N) is 1. The van der Waals surface area contributed by atoms with Crippen LogP contribution >= 0.6 is 0 Å². The number of nitrogens with zero attached hydrogens (tertiary/aromatic N) is 5. The van der Waals surface area contributed by atoms with Crippen molar-refractivity contribution in [2.45, 2.75) is 52.0 Å².